The van der Waals surface area contributed by atoms with Gasteiger partial charge in [-0.25, -0.2) is 0 Å². The standard InChI is InChI=1S/C14H11Cl2N3S/c1-7-6-20-13(11(7)16)12-10(14(17)19-18-12)8-4-2-3-5-9(8)15/h2-6H,1H3,(H3,17,18,19). The van der Waals surface area contributed by atoms with E-state index in [0.29, 0.717) is 15.9 Å². The Morgan fingerprint density at radius 2 is 2.00 bits per heavy atom. The number of thiophene rings is 1. The fraction of sp³-hybridized carbons (Fsp3) is 0.0714. The largest absolute Gasteiger partial charge is 0.382 e. The molecule has 0 radical (unpaired) electrons. The minimum Gasteiger partial charge on any atom is -0.382 e. The van der Waals surface area contributed by atoms with E-state index in [-0.39, 0.29) is 0 Å². The molecular formula is C14H11Cl2N3S. The number of aromatic nitrogens is 2. The average Bonchev–Trinajstić information content (AvgIpc) is 2.95. The highest BCUT2D eigenvalue weighted by Gasteiger charge is 2.20. The number of aromatic amines is 1. The van der Waals surface area contributed by atoms with Crippen molar-refractivity contribution < 1.29 is 0 Å². The number of nitrogens with one attached hydrogen (secondary N) is 1. The summed E-state index contributed by atoms with van der Waals surface area (Å²) in [5.41, 5.74) is 9.47. The molecule has 2 heterocycles. The SMILES string of the molecule is Cc1csc(-c2[nH]nc(N)c2-c2ccccc2Cl)c1Cl. The molecule has 0 aliphatic rings. The smallest absolute Gasteiger partial charge is 0.153 e. The summed E-state index contributed by atoms with van der Waals surface area (Å²) >= 11 is 14.2. The number of anilines is 1. The van der Waals surface area contributed by atoms with Gasteiger partial charge in [-0.05, 0) is 23.9 Å². The molecule has 0 fully saturated rings. The zero-order chi connectivity index (χ0) is 14.3. The summed E-state index contributed by atoms with van der Waals surface area (Å²) in [7, 11) is 0. The number of hydrogen-bond donors (Lipinski definition) is 2. The lowest BCUT2D eigenvalue weighted by Crippen LogP contribution is -1.89. The molecular weight excluding hydrogens is 313 g/mol. The Balaban J connectivity index is 2.26. The molecule has 0 unspecified atom stereocenters. The van der Waals surface area contributed by atoms with Crippen molar-refractivity contribution in [3.8, 4) is 21.7 Å². The molecule has 102 valence electrons. The fourth-order valence-electron chi connectivity index (χ4n) is 2.06. The first-order valence-electron chi connectivity index (χ1n) is 5.92. The number of nitrogen functional groups attached to an aromatic ring is 1. The monoisotopic (exact) mass is 323 g/mol. The second kappa shape index (κ2) is 5.13. The van der Waals surface area contributed by atoms with Crippen molar-refractivity contribution in [2.75, 3.05) is 5.73 Å². The van der Waals surface area contributed by atoms with Gasteiger partial charge < -0.3 is 5.73 Å². The van der Waals surface area contributed by atoms with E-state index < -0.39 is 0 Å². The molecule has 3 aromatic rings. The Kier molecular flexibility index (Phi) is 3.46. The van der Waals surface area contributed by atoms with Gasteiger partial charge in [0, 0.05) is 10.6 Å². The zero-order valence-corrected chi connectivity index (χ0v) is 12.9. The molecule has 20 heavy (non-hydrogen) atoms. The predicted molar refractivity (Wildman–Crippen MR) is 86.5 cm³/mol. The summed E-state index contributed by atoms with van der Waals surface area (Å²) in [6, 6.07) is 7.54. The van der Waals surface area contributed by atoms with Gasteiger partial charge >= 0.3 is 0 Å². The Hall–Kier alpha value is -1.49. The summed E-state index contributed by atoms with van der Waals surface area (Å²) in [6.45, 7) is 1.97. The van der Waals surface area contributed by atoms with Crippen LogP contribution in [0.15, 0.2) is 29.6 Å². The first-order valence-corrected chi connectivity index (χ1v) is 7.56. The van der Waals surface area contributed by atoms with E-state index in [1.807, 2.05) is 36.6 Å². The molecule has 0 amide bonds. The van der Waals surface area contributed by atoms with Crippen LogP contribution in [0.25, 0.3) is 21.7 Å². The van der Waals surface area contributed by atoms with Crippen molar-refractivity contribution >= 4 is 40.4 Å². The number of nitrogens with two attached hydrogens (primary N) is 1. The van der Waals surface area contributed by atoms with E-state index >= 15 is 0 Å². The second-order valence-electron chi connectivity index (χ2n) is 4.40. The van der Waals surface area contributed by atoms with E-state index in [1.165, 1.54) is 0 Å². The van der Waals surface area contributed by atoms with E-state index in [9.17, 15) is 0 Å². The lowest BCUT2D eigenvalue weighted by molar-refractivity contribution is 1.11. The summed E-state index contributed by atoms with van der Waals surface area (Å²) in [6.07, 6.45) is 0. The lowest BCUT2D eigenvalue weighted by Gasteiger charge is -2.06. The van der Waals surface area contributed by atoms with Gasteiger partial charge in [0.1, 0.15) is 0 Å². The van der Waals surface area contributed by atoms with Crippen molar-refractivity contribution in [2.24, 2.45) is 0 Å². The van der Waals surface area contributed by atoms with Crippen LogP contribution in [0.2, 0.25) is 10.0 Å². The molecule has 0 saturated heterocycles. The van der Waals surface area contributed by atoms with Crippen molar-refractivity contribution in [3.05, 3.63) is 45.3 Å². The van der Waals surface area contributed by atoms with Crippen molar-refractivity contribution in [1.82, 2.24) is 10.2 Å². The third-order valence-electron chi connectivity index (χ3n) is 3.06. The van der Waals surface area contributed by atoms with Crippen LogP contribution >= 0.6 is 34.5 Å². The van der Waals surface area contributed by atoms with Gasteiger partial charge in [-0.1, -0.05) is 41.4 Å². The summed E-state index contributed by atoms with van der Waals surface area (Å²) in [4.78, 5) is 0.920. The van der Waals surface area contributed by atoms with Crippen molar-refractivity contribution in [3.63, 3.8) is 0 Å². The third-order valence-corrected chi connectivity index (χ3v) is 5.11. The Morgan fingerprint density at radius 3 is 2.65 bits per heavy atom. The van der Waals surface area contributed by atoms with Crippen molar-refractivity contribution in [1.29, 1.82) is 0 Å². The molecule has 0 aliphatic carbocycles. The van der Waals surface area contributed by atoms with Gasteiger partial charge in [0.25, 0.3) is 0 Å². The Morgan fingerprint density at radius 1 is 1.25 bits per heavy atom. The Labute approximate surface area is 130 Å². The quantitative estimate of drug-likeness (QED) is 0.697. The van der Waals surface area contributed by atoms with Gasteiger partial charge in [0.15, 0.2) is 5.82 Å². The highest BCUT2D eigenvalue weighted by molar-refractivity contribution is 7.14. The maximum atomic E-state index is 6.34. The highest BCUT2D eigenvalue weighted by atomic mass is 35.5. The van der Waals surface area contributed by atoms with Crippen LogP contribution in [-0.4, -0.2) is 10.2 Å². The van der Waals surface area contributed by atoms with Crippen LogP contribution in [0.5, 0.6) is 0 Å². The number of rotatable bonds is 2. The van der Waals surface area contributed by atoms with Crippen LogP contribution in [0.4, 0.5) is 5.82 Å². The number of hydrogen-bond acceptors (Lipinski definition) is 3. The molecule has 0 spiro atoms. The van der Waals surface area contributed by atoms with E-state index in [4.69, 9.17) is 28.9 Å². The van der Waals surface area contributed by atoms with Crippen molar-refractivity contribution in [2.45, 2.75) is 6.92 Å². The minimum absolute atomic E-state index is 0.412. The number of aryl methyl sites for hydroxylation is 1. The van der Waals surface area contributed by atoms with Crippen LogP contribution < -0.4 is 5.73 Å². The summed E-state index contributed by atoms with van der Waals surface area (Å²) in [5.74, 6) is 0.412. The maximum Gasteiger partial charge on any atom is 0.153 e. The molecule has 6 heteroatoms. The fourth-order valence-corrected chi connectivity index (χ4v) is 3.58. The number of H-pyrrole nitrogens is 1. The first-order chi connectivity index (χ1) is 9.59. The number of nitrogens with zero attached hydrogens (tertiary/aromatic N) is 1. The Bertz CT molecular complexity index is 777. The molecule has 0 aliphatic heterocycles. The maximum absolute atomic E-state index is 6.34. The number of benzene rings is 1. The normalized spacial score (nSPS) is 10.9. The van der Waals surface area contributed by atoms with E-state index in [2.05, 4.69) is 10.2 Å². The minimum atomic E-state index is 0.412. The first kappa shape index (κ1) is 13.5. The van der Waals surface area contributed by atoms with Gasteiger partial charge in [-0.15, -0.1) is 11.3 Å². The highest BCUT2D eigenvalue weighted by Crippen LogP contribution is 2.43. The molecule has 3 rings (SSSR count). The number of halogens is 2. The topological polar surface area (TPSA) is 54.7 Å². The average molecular weight is 324 g/mol. The summed E-state index contributed by atoms with van der Waals surface area (Å²) < 4.78 is 0. The lowest BCUT2D eigenvalue weighted by atomic mass is 10.0. The zero-order valence-electron chi connectivity index (χ0n) is 10.6. The molecule has 0 saturated carbocycles. The molecule has 0 atom stereocenters. The van der Waals surface area contributed by atoms with E-state index in [0.717, 1.165) is 27.3 Å². The predicted octanol–water partition coefficient (Wildman–Crippen LogP) is 5.00. The van der Waals surface area contributed by atoms with Crippen LogP contribution in [-0.2, 0) is 0 Å². The van der Waals surface area contributed by atoms with E-state index in [1.54, 1.807) is 11.3 Å². The van der Waals surface area contributed by atoms with Gasteiger partial charge in [-0.2, -0.15) is 5.10 Å². The van der Waals surface area contributed by atoms with Crippen LogP contribution in [0.1, 0.15) is 5.56 Å². The van der Waals surface area contributed by atoms with Gasteiger partial charge in [-0.3, -0.25) is 5.10 Å². The second-order valence-corrected chi connectivity index (χ2v) is 6.07. The van der Waals surface area contributed by atoms with Crippen LogP contribution in [0, 0.1) is 6.92 Å². The van der Waals surface area contributed by atoms with Gasteiger partial charge in [0.2, 0.25) is 0 Å². The van der Waals surface area contributed by atoms with Gasteiger partial charge in [0.05, 0.1) is 21.2 Å². The summed E-state index contributed by atoms with van der Waals surface area (Å²) in [5, 5.41) is 10.4. The molecule has 3 nitrogen and oxygen atoms in total. The van der Waals surface area contributed by atoms with Crippen LogP contribution in [0.3, 0.4) is 0 Å². The third kappa shape index (κ3) is 2.10. The molecule has 2 aromatic heterocycles. The molecule has 1 aromatic carbocycles. The molecule has 3 N–H and O–H groups in total. The molecule has 0 bridgehead atoms.